The molecule has 1 heterocycles. The maximum absolute atomic E-state index is 11.1. The van der Waals surface area contributed by atoms with Crippen LogP contribution in [0, 0.1) is 0 Å². The molecule has 0 spiro atoms. The van der Waals surface area contributed by atoms with Crippen LogP contribution in [-0.2, 0) is 4.79 Å². The summed E-state index contributed by atoms with van der Waals surface area (Å²) in [4.78, 5) is 13.4. The molecule has 0 radical (unpaired) electrons. The maximum Gasteiger partial charge on any atom is 0.221 e. The number of hydrogen-bond donors (Lipinski definition) is 2. The molecular weight excluding hydrogens is 240 g/mol. The molecule has 1 aliphatic rings. The first-order valence-electron chi connectivity index (χ1n) is 6.90. The number of carbonyl (C=O) groups is 1. The molecule has 1 fully saturated rings. The highest BCUT2D eigenvalue weighted by Crippen LogP contribution is 2.29. The monoisotopic (exact) mass is 262 g/mol. The van der Waals surface area contributed by atoms with Crippen LogP contribution in [-0.4, -0.2) is 42.2 Å². The number of rotatable bonds is 4. The smallest absolute Gasteiger partial charge is 0.221 e. The van der Waals surface area contributed by atoms with Gasteiger partial charge in [-0.1, -0.05) is 12.1 Å². The van der Waals surface area contributed by atoms with Gasteiger partial charge in [0.25, 0.3) is 0 Å². The molecule has 1 aromatic rings. The number of carbonyl (C=O) groups excluding carboxylic acids is 1. The summed E-state index contributed by atoms with van der Waals surface area (Å²) in [5, 5.41) is 11.8. The van der Waals surface area contributed by atoms with E-state index in [0.717, 1.165) is 38.2 Å². The van der Waals surface area contributed by atoms with E-state index >= 15 is 0 Å². The zero-order chi connectivity index (χ0) is 13.7. The lowest BCUT2D eigenvalue weighted by molar-refractivity contribution is -0.114. The van der Waals surface area contributed by atoms with Crippen molar-refractivity contribution in [3.05, 3.63) is 29.8 Å². The van der Waals surface area contributed by atoms with Crippen LogP contribution in [0.1, 0.15) is 31.2 Å². The van der Waals surface area contributed by atoms with Gasteiger partial charge < -0.3 is 15.3 Å². The lowest BCUT2D eigenvalue weighted by atomic mass is 9.89. The first kappa shape index (κ1) is 14.0. The summed E-state index contributed by atoms with van der Waals surface area (Å²) in [5.74, 6) is 0.526. The second-order valence-corrected chi connectivity index (χ2v) is 5.15. The Kier molecular flexibility index (Phi) is 4.93. The van der Waals surface area contributed by atoms with Crippen LogP contribution in [0.4, 0.5) is 5.69 Å². The van der Waals surface area contributed by atoms with E-state index in [1.54, 1.807) is 0 Å². The van der Waals surface area contributed by atoms with Gasteiger partial charge in [0.15, 0.2) is 0 Å². The Morgan fingerprint density at radius 1 is 1.42 bits per heavy atom. The average molecular weight is 262 g/mol. The molecule has 2 N–H and O–H groups in total. The van der Waals surface area contributed by atoms with E-state index in [1.165, 1.54) is 12.5 Å². The van der Waals surface area contributed by atoms with E-state index in [2.05, 4.69) is 22.3 Å². The van der Waals surface area contributed by atoms with E-state index in [-0.39, 0.29) is 12.5 Å². The van der Waals surface area contributed by atoms with Crippen molar-refractivity contribution in [2.45, 2.75) is 25.7 Å². The number of nitrogens with one attached hydrogen (secondary N) is 1. The van der Waals surface area contributed by atoms with Crippen LogP contribution in [0.25, 0.3) is 0 Å². The number of anilines is 1. The highest BCUT2D eigenvalue weighted by atomic mass is 16.3. The van der Waals surface area contributed by atoms with Crippen molar-refractivity contribution in [2.24, 2.45) is 0 Å². The fraction of sp³-hybridized carbons (Fsp3) is 0.533. The van der Waals surface area contributed by atoms with Crippen molar-refractivity contribution < 1.29 is 9.90 Å². The third-order valence-electron chi connectivity index (χ3n) is 3.68. The highest BCUT2D eigenvalue weighted by Gasteiger charge is 2.20. The number of benzene rings is 1. The molecule has 0 aliphatic carbocycles. The Bertz CT molecular complexity index is 426. The van der Waals surface area contributed by atoms with Gasteiger partial charge in [-0.3, -0.25) is 4.79 Å². The van der Waals surface area contributed by atoms with E-state index in [4.69, 9.17) is 5.11 Å². The molecule has 2 rings (SSSR count). The standard InChI is InChI=1S/C15H22N2O2/c1-12(19)16-15-4-2-3-14(11-15)13-5-7-17(8-6-13)9-10-18/h2-4,11,13,18H,5-10H2,1H3,(H,16,19). The van der Waals surface area contributed by atoms with Crippen LogP contribution in [0.3, 0.4) is 0 Å². The van der Waals surface area contributed by atoms with Gasteiger partial charge in [0.2, 0.25) is 5.91 Å². The van der Waals surface area contributed by atoms with Crippen molar-refractivity contribution in [2.75, 3.05) is 31.6 Å². The molecule has 0 aromatic heterocycles. The summed E-state index contributed by atoms with van der Waals surface area (Å²) in [6.45, 7) is 4.62. The molecule has 0 saturated carbocycles. The predicted molar refractivity (Wildman–Crippen MR) is 76.2 cm³/mol. The lowest BCUT2D eigenvalue weighted by Gasteiger charge is -2.31. The molecule has 0 bridgehead atoms. The summed E-state index contributed by atoms with van der Waals surface area (Å²) in [5.41, 5.74) is 2.18. The fourth-order valence-electron chi connectivity index (χ4n) is 2.70. The molecular formula is C15H22N2O2. The van der Waals surface area contributed by atoms with Gasteiger partial charge in [-0.25, -0.2) is 0 Å². The molecule has 0 atom stereocenters. The molecule has 4 heteroatoms. The zero-order valence-electron chi connectivity index (χ0n) is 11.4. The summed E-state index contributed by atoms with van der Waals surface area (Å²) < 4.78 is 0. The second kappa shape index (κ2) is 6.68. The summed E-state index contributed by atoms with van der Waals surface area (Å²) in [6, 6.07) is 8.14. The van der Waals surface area contributed by atoms with Crippen molar-refractivity contribution in [3.8, 4) is 0 Å². The highest BCUT2D eigenvalue weighted by molar-refractivity contribution is 5.88. The van der Waals surface area contributed by atoms with Gasteiger partial charge in [0.05, 0.1) is 6.61 Å². The summed E-state index contributed by atoms with van der Waals surface area (Å²) in [6.07, 6.45) is 2.23. The number of β-amino-alcohol motifs (C(OH)–C–C–N with tert-alkyl or cyclic N) is 1. The number of aliphatic hydroxyl groups excluding tert-OH is 1. The summed E-state index contributed by atoms with van der Waals surface area (Å²) in [7, 11) is 0. The minimum absolute atomic E-state index is 0.0325. The molecule has 4 nitrogen and oxygen atoms in total. The Morgan fingerprint density at radius 3 is 2.79 bits per heavy atom. The van der Waals surface area contributed by atoms with E-state index in [1.807, 2.05) is 12.1 Å². The molecule has 1 aromatic carbocycles. The molecule has 1 aliphatic heterocycles. The molecule has 1 saturated heterocycles. The van der Waals surface area contributed by atoms with Crippen LogP contribution in [0.15, 0.2) is 24.3 Å². The van der Waals surface area contributed by atoms with Crippen molar-refractivity contribution in [3.63, 3.8) is 0 Å². The minimum Gasteiger partial charge on any atom is -0.395 e. The molecule has 1 amide bonds. The third kappa shape index (κ3) is 4.04. The second-order valence-electron chi connectivity index (χ2n) is 5.15. The molecule has 104 valence electrons. The molecule has 19 heavy (non-hydrogen) atoms. The minimum atomic E-state index is -0.0325. The van der Waals surface area contributed by atoms with Gasteiger partial charge in [0.1, 0.15) is 0 Å². The maximum atomic E-state index is 11.1. The van der Waals surface area contributed by atoms with Gasteiger partial charge >= 0.3 is 0 Å². The fourth-order valence-corrected chi connectivity index (χ4v) is 2.70. The Balaban J connectivity index is 1.97. The van der Waals surface area contributed by atoms with E-state index in [9.17, 15) is 4.79 Å². The van der Waals surface area contributed by atoms with Crippen molar-refractivity contribution in [1.29, 1.82) is 0 Å². The van der Waals surface area contributed by atoms with E-state index < -0.39 is 0 Å². The Hall–Kier alpha value is -1.39. The largest absolute Gasteiger partial charge is 0.395 e. The first-order valence-corrected chi connectivity index (χ1v) is 6.90. The number of aliphatic hydroxyl groups is 1. The van der Waals surface area contributed by atoms with Gasteiger partial charge in [-0.2, -0.15) is 0 Å². The lowest BCUT2D eigenvalue weighted by Crippen LogP contribution is -2.34. The first-order chi connectivity index (χ1) is 9.19. The van der Waals surface area contributed by atoms with Crippen LogP contribution in [0.2, 0.25) is 0 Å². The number of likely N-dealkylation sites (tertiary alicyclic amines) is 1. The van der Waals surface area contributed by atoms with Crippen LogP contribution in [0.5, 0.6) is 0 Å². The van der Waals surface area contributed by atoms with Crippen LogP contribution < -0.4 is 5.32 Å². The molecule has 0 unspecified atom stereocenters. The predicted octanol–water partition coefficient (Wildman–Crippen LogP) is 1.82. The summed E-state index contributed by atoms with van der Waals surface area (Å²) >= 11 is 0. The van der Waals surface area contributed by atoms with Gasteiger partial charge in [-0.05, 0) is 49.5 Å². The number of nitrogens with zero attached hydrogens (tertiary/aromatic N) is 1. The van der Waals surface area contributed by atoms with Gasteiger partial charge in [-0.15, -0.1) is 0 Å². The topological polar surface area (TPSA) is 52.6 Å². The normalized spacial score (nSPS) is 17.4. The number of amides is 1. The van der Waals surface area contributed by atoms with Crippen molar-refractivity contribution in [1.82, 2.24) is 4.90 Å². The van der Waals surface area contributed by atoms with Gasteiger partial charge in [0, 0.05) is 19.2 Å². The van der Waals surface area contributed by atoms with Crippen molar-refractivity contribution >= 4 is 11.6 Å². The van der Waals surface area contributed by atoms with E-state index in [0.29, 0.717) is 5.92 Å². The quantitative estimate of drug-likeness (QED) is 0.870. The van der Waals surface area contributed by atoms with Crippen LogP contribution >= 0.6 is 0 Å². The Labute approximate surface area is 114 Å². The Morgan fingerprint density at radius 2 is 2.16 bits per heavy atom. The third-order valence-corrected chi connectivity index (χ3v) is 3.68. The zero-order valence-corrected chi connectivity index (χ0v) is 11.4. The number of piperidine rings is 1. The number of hydrogen-bond acceptors (Lipinski definition) is 3. The SMILES string of the molecule is CC(=O)Nc1cccc(C2CCN(CCO)CC2)c1. The average Bonchev–Trinajstić information content (AvgIpc) is 2.39.